The van der Waals surface area contributed by atoms with Crippen LogP contribution in [-0.4, -0.2) is 63.0 Å². The number of halogens is 1. The van der Waals surface area contributed by atoms with E-state index < -0.39 is 0 Å². The molecule has 0 aromatic rings. The zero-order chi connectivity index (χ0) is 17.8. The van der Waals surface area contributed by atoms with Gasteiger partial charge in [0.25, 0.3) is 0 Å². The molecule has 0 spiro atoms. The summed E-state index contributed by atoms with van der Waals surface area (Å²) in [5, 5.41) is 3.69. The van der Waals surface area contributed by atoms with Crippen molar-refractivity contribution in [3.63, 3.8) is 0 Å². The van der Waals surface area contributed by atoms with Crippen LogP contribution in [0.25, 0.3) is 0 Å². The van der Waals surface area contributed by atoms with E-state index in [0.29, 0.717) is 6.04 Å². The van der Waals surface area contributed by atoms with E-state index in [-0.39, 0.29) is 35.0 Å². The Hall–Kier alpha value is -0.0800. The van der Waals surface area contributed by atoms with Gasteiger partial charge in [0.05, 0.1) is 5.60 Å². The number of hydrogen-bond acceptors (Lipinski definition) is 3. The van der Waals surface area contributed by atoms with Crippen molar-refractivity contribution in [2.45, 2.75) is 65.0 Å². The Morgan fingerprint density at radius 2 is 1.92 bits per heavy atom. The lowest BCUT2D eigenvalue weighted by Gasteiger charge is -2.59. The Balaban J connectivity index is 0.00000312. The molecule has 1 aliphatic heterocycles. The van der Waals surface area contributed by atoms with Gasteiger partial charge in [0.15, 0.2) is 5.96 Å². The molecule has 0 radical (unpaired) electrons. The highest BCUT2D eigenvalue weighted by atomic mass is 127. The zero-order valence-electron chi connectivity index (χ0n) is 16.9. The normalized spacial score (nSPS) is 29.5. The molecule has 1 saturated carbocycles. The van der Waals surface area contributed by atoms with Gasteiger partial charge in [-0.1, -0.05) is 13.8 Å². The zero-order valence-corrected chi connectivity index (χ0v) is 19.3. The van der Waals surface area contributed by atoms with Gasteiger partial charge in [-0.15, -0.1) is 24.0 Å². The maximum absolute atomic E-state index is 5.74. The van der Waals surface area contributed by atoms with E-state index >= 15 is 0 Å². The van der Waals surface area contributed by atoms with Crippen LogP contribution >= 0.6 is 24.0 Å². The van der Waals surface area contributed by atoms with Crippen LogP contribution in [0.3, 0.4) is 0 Å². The molecular formula is C19H38IN3O2. The third-order valence-corrected chi connectivity index (χ3v) is 6.46. The van der Waals surface area contributed by atoms with Crippen LogP contribution in [0.2, 0.25) is 0 Å². The number of rotatable bonds is 6. The van der Waals surface area contributed by atoms with Gasteiger partial charge in [-0.05, 0) is 45.4 Å². The maximum atomic E-state index is 5.74. The molecule has 0 aromatic heterocycles. The van der Waals surface area contributed by atoms with Crippen molar-refractivity contribution < 1.29 is 9.47 Å². The molecule has 2 unspecified atom stereocenters. The van der Waals surface area contributed by atoms with Gasteiger partial charge in [0.2, 0.25) is 0 Å². The molecule has 1 N–H and O–H groups in total. The first-order chi connectivity index (χ1) is 11.3. The first-order valence-corrected chi connectivity index (χ1v) is 9.49. The molecule has 2 fully saturated rings. The number of aliphatic imine (C=N–C) groups is 1. The van der Waals surface area contributed by atoms with Gasteiger partial charge in [0, 0.05) is 51.9 Å². The fourth-order valence-corrected chi connectivity index (χ4v) is 3.82. The molecule has 25 heavy (non-hydrogen) atoms. The molecule has 148 valence electrons. The third-order valence-electron chi connectivity index (χ3n) is 6.46. The van der Waals surface area contributed by atoms with Crippen molar-refractivity contribution in [3.05, 3.63) is 0 Å². The van der Waals surface area contributed by atoms with E-state index in [1.165, 1.54) is 19.3 Å². The summed E-state index contributed by atoms with van der Waals surface area (Å²) in [5.41, 5.74) is 0.0421. The van der Waals surface area contributed by atoms with Gasteiger partial charge in [-0.3, -0.25) is 4.99 Å². The SMILES string of the molecule is CCN=C(NC1CC(C)(OC)C1(C)C)N(C)CCC1CCOCC1.I. The second kappa shape index (κ2) is 9.74. The summed E-state index contributed by atoms with van der Waals surface area (Å²) in [4.78, 5) is 7.00. The summed E-state index contributed by atoms with van der Waals surface area (Å²) in [6.07, 6.45) is 4.63. The number of methoxy groups -OCH3 is 1. The quantitative estimate of drug-likeness (QED) is 0.369. The molecule has 2 aliphatic rings. The lowest BCUT2D eigenvalue weighted by atomic mass is 9.56. The van der Waals surface area contributed by atoms with Crippen molar-refractivity contribution in [3.8, 4) is 0 Å². The smallest absolute Gasteiger partial charge is 0.193 e. The van der Waals surface area contributed by atoms with Gasteiger partial charge >= 0.3 is 0 Å². The van der Waals surface area contributed by atoms with Crippen LogP contribution in [0.1, 0.15) is 53.4 Å². The summed E-state index contributed by atoms with van der Waals surface area (Å²) < 4.78 is 11.2. The highest BCUT2D eigenvalue weighted by Crippen LogP contribution is 2.51. The van der Waals surface area contributed by atoms with E-state index in [9.17, 15) is 0 Å². The lowest BCUT2D eigenvalue weighted by Crippen LogP contribution is -2.69. The van der Waals surface area contributed by atoms with Gasteiger partial charge in [0.1, 0.15) is 0 Å². The molecule has 5 nitrogen and oxygen atoms in total. The van der Waals surface area contributed by atoms with Crippen molar-refractivity contribution >= 4 is 29.9 Å². The average Bonchev–Trinajstić information content (AvgIpc) is 2.59. The molecule has 0 amide bonds. The van der Waals surface area contributed by atoms with Crippen LogP contribution < -0.4 is 5.32 Å². The molecule has 1 saturated heterocycles. The largest absolute Gasteiger partial charge is 0.381 e. The van der Waals surface area contributed by atoms with Gasteiger partial charge < -0.3 is 19.7 Å². The van der Waals surface area contributed by atoms with Crippen LogP contribution in [0.15, 0.2) is 4.99 Å². The topological polar surface area (TPSA) is 46.1 Å². The highest BCUT2D eigenvalue weighted by Gasteiger charge is 2.58. The maximum Gasteiger partial charge on any atom is 0.193 e. The average molecular weight is 467 g/mol. The Morgan fingerprint density at radius 1 is 1.28 bits per heavy atom. The number of nitrogens with zero attached hydrogens (tertiary/aromatic N) is 2. The van der Waals surface area contributed by atoms with Crippen molar-refractivity contribution in [2.24, 2.45) is 16.3 Å². The molecule has 0 bridgehead atoms. The monoisotopic (exact) mass is 467 g/mol. The molecule has 0 aromatic carbocycles. The predicted molar refractivity (Wildman–Crippen MR) is 115 cm³/mol. The van der Waals surface area contributed by atoms with Gasteiger partial charge in [-0.25, -0.2) is 0 Å². The van der Waals surface area contributed by atoms with E-state index in [1.807, 2.05) is 7.11 Å². The van der Waals surface area contributed by atoms with E-state index in [4.69, 9.17) is 14.5 Å². The van der Waals surface area contributed by atoms with Crippen molar-refractivity contribution in [1.29, 1.82) is 0 Å². The first-order valence-electron chi connectivity index (χ1n) is 9.49. The highest BCUT2D eigenvalue weighted by molar-refractivity contribution is 14.0. The predicted octanol–water partition coefficient (Wildman–Crippen LogP) is 3.52. The second-order valence-corrected chi connectivity index (χ2v) is 8.12. The number of guanidine groups is 1. The van der Waals surface area contributed by atoms with Crippen LogP contribution in [-0.2, 0) is 9.47 Å². The van der Waals surface area contributed by atoms with Crippen LogP contribution in [0.5, 0.6) is 0 Å². The third kappa shape index (κ3) is 5.22. The molecule has 6 heteroatoms. The fraction of sp³-hybridized carbons (Fsp3) is 0.947. The molecule has 1 aliphatic carbocycles. The minimum Gasteiger partial charge on any atom is -0.381 e. The lowest BCUT2D eigenvalue weighted by molar-refractivity contribution is -0.176. The number of ether oxygens (including phenoxy) is 2. The summed E-state index contributed by atoms with van der Waals surface area (Å²) in [7, 11) is 3.97. The molecule has 1 heterocycles. The molecule has 2 atom stereocenters. The van der Waals surface area contributed by atoms with Crippen LogP contribution in [0.4, 0.5) is 0 Å². The molecule has 2 rings (SSSR count). The Kier molecular flexibility index (Phi) is 8.94. The number of nitrogens with one attached hydrogen (secondary N) is 1. The summed E-state index contributed by atoms with van der Waals surface area (Å²) >= 11 is 0. The van der Waals surface area contributed by atoms with Crippen molar-refractivity contribution in [2.75, 3.05) is 40.5 Å². The minimum atomic E-state index is -0.0529. The standard InChI is InChI=1S/C19H37N3O2.HI/c1-7-20-17(21-16-14-19(4,23-6)18(16,2)3)22(5)11-8-15-9-12-24-13-10-15;/h15-16H,7-14H2,1-6H3,(H,20,21);1H. The van der Waals surface area contributed by atoms with Crippen LogP contribution in [0, 0.1) is 11.3 Å². The summed E-state index contributed by atoms with van der Waals surface area (Å²) in [5.74, 6) is 1.82. The number of hydrogen-bond donors (Lipinski definition) is 1. The van der Waals surface area contributed by atoms with E-state index in [2.05, 4.69) is 45.0 Å². The Bertz CT molecular complexity index is 438. The second-order valence-electron chi connectivity index (χ2n) is 8.12. The Labute approximate surface area is 171 Å². The van der Waals surface area contributed by atoms with E-state index in [0.717, 1.165) is 44.6 Å². The minimum absolute atomic E-state index is 0. The van der Waals surface area contributed by atoms with Gasteiger partial charge in [-0.2, -0.15) is 0 Å². The fourth-order valence-electron chi connectivity index (χ4n) is 3.82. The Morgan fingerprint density at radius 3 is 2.44 bits per heavy atom. The first kappa shape index (κ1) is 23.0. The van der Waals surface area contributed by atoms with E-state index in [1.54, 1.807) is 0 Å². The summed E-state index contributed by atoms with van der Waals surface area (Å²) in [6, 6.07) is 0.401. The van der Waals surface area contributed by atoms with Crippen molar-refractivity contribution in [1.82, 2.24) is 10.2 Å². The molecular weight excluding hydrogens is 429 g/mol. The summed E-state index contributed by atoms with van der Waals surface area (Å²) in [6.45, 7) is 12.6.